The molecule has 12 heavy (non-hydrogen) atoms. The Morgan fingerprint density at radius 1 is 1.50 bits per heavy atom. The molecule has 0 heterocycles. The molecule has 1 aromatic carbocycles. The summed E-state index contributed by atoms with van der Waals surface area (Å²) in [5.41, 5.74) is 12.0. The molecule has 0 amide bonds. The van der Waals surface area contributed by atoms with Crippen LogP contribution in [0.3, 0.4) is 0 Å². The Kier molecular flexibility index (Phi) is 3.53. The van der Waals surface area contributed by atoms with E-state index in [2.05, 4.69) is 15.9 Å². The largest absolute Gasteiger partial charge is 0.329 e. The quantitative estimate of drug-likeness (QED) is 0.843. The highest BCUT2D eigenvalue weighted by molar-refractivity contribution is 9.10. The van der Waals surface area contributed by atoms with Crippen LogP contribution in [-0.2, 0) is 0 Å². The fourth-order valence-electron chi connectivity index (χ4n) is 0.926. The lowest BCUT2D eigenvalue weighted by Gasteiger charge is -2.11. The summed E-state index contributed by atoms with van der Waals surface area (Å²) in [5.74, 6) is 0. The van der Waals surface area contributed by atoms with Gasteiger partial charge in [0.1, 0.15) is 0 Å². The Hall–Kier alpha value is -0.0900. The van der Waals surface area contributed by atoms with Crippen molar-refractivity contribution in [1.82, 2.24) is 0 Å². The maximum Gasteiger partial charge on any atom is 0.0455 e. The first-order valence-electron chi connectivity index (χ1n) is 3.55. The van der Waals surface area contributed by atoms with Crippen molar-refractivity contribution in [1.29, 1.82) is 0 Å². The van der Waals surface area contributed by atoms with Crippen LogP contribution < -0.4 is 11.5 Å². The number of halogens is 2. The Morgan fingerprint density at radius 2 is 2.17 bits per heavy atom. The van der Waals surface area contributed by atoms with Gasteiger partial charge in [-0.3, -0.25) is 0 Å². The van der Waals surface area contributed by atoms with Gasteiger partial charge in [0, 0.05) is 22.1 Å². The van der Waals surface area contributed by atoms with E-state index in [0.29, 0.717) is 11.6 Å². The molecule has 0 saturated heterocycles. The molecular formula is C8H10BrClN2. The molecule has 0 radical (unpaired) electrons. The van der Waals surface area contributed by atoms with Gasteiger partial charge in [0.2, 0.25) is 0 Å². The fourth-order valence-corrected chi connectivity index (χ4v) is 1.56. The zero-order valence-corrected chi connectivity index (χ0v) is 8.77. The monoisotopic (exact) mass is 248 g/mol. The topological polar surface area (TPSA) is 52.0 Å². The maximum atomic E-state index is 5.91. The molecule has 1 rings (SSSR count). The summed E-state index contributed by atoms with van der Waals surface area (Å²) >= 11 is 9.25. The highest BCUT2D eigenvalue weighted by Crippen LogP contribution is 2.24. The van der Waals surface area contributed by atoms with Crippen molar-refractivity contribution in [2.24, 2.45) is 11.5 Å². The van der Waals surface area contributed by atoms with Gasteiger partial charge in [0.15, 0.2) is 0 Å². The molecule has 0 spiro atoms. The van der Waals surface area contributed by atoms with Crippen molar-refractivity contribution in [2.75, 3.05) is 6.54 Å². The summed E-state index contributed by atoms with van der Waals surface area (Å²) in [7, 11) is 0. The second-order valence-electron chi connectivity index (χ2n) is 2.51. The van der Waals surface area contributed by atoms with E-state index in [1.807, 2.05) is 12.1 Å². The van der Waals surface area contributed by atoms with Gasteiger partial charge in [-0.25, -0.2) is 0 Å². The summed E-state index contributed by atoms with van der Waals surface area (Å²) in [6, 6.07) is 5.38. The van der Waals surface area contributed by atoms with E-state index in [9.17, 15) is 0 Å². The van der Waals surface area contributed by atoms with Crippen molar-refractivity contribution < 1.29 is 0 Å². The van der Waals surface area contributed by atoms with Crippen LogP contribution >= 0.6 is 27.5 Å². The average molecular weight is 250 g/mol. The van der Waals surface area contributed by atoms with Crippen LogP contribution in [0.4, 0.5) is 0 Å². The van der Waals surface area contributed by atoms with Crippen molar-refractivity contribution in [3.05, 3.63) is 33.3 Å². The first-order chi connectivity index (χ1) is 5.65. The minimum Gasteiger partial charge on any atom is -0.329 e. The second-order valence-corrected chi connectivity index (χ2v) is 3.83. The van der Waals surface area contributed by atoms with Gasteiger partial charge in [0.25, 0.3) is 0 Å². The summed E-state index contributed by atoms with van der Waals surface area (Å²) in [5, 5.41) is 0.663. The summed E-state index contributed by atoms with van der Waals surface area (Å²) in [6.07, 6.45) is 0. The molecule has 0 fully saturated rings. The molecule has 0 aliphatic heterocycles. The van der Waals surface area contributed by atoms with Crippen LogP contribution in [0.1, 0.15) is 11.6 Å². The second kappa shape index (κ2) is 4.23. The molecule has 66 valence electrons. The van der Waals surface area contributed by atoms with Gasteiger partial charge < -0.3 is 11.5 Å². The lowest BCUT2D eigenvalue weighted by atomic mass is 10.1. The van der Waals surface area contributed by atoms with Gasteiger partial charge in [-0.2, -0.15) is 0 Å². The molecule has 4 N–H and O–H groups in total. The van der Waals surface area contributed by atoms with Crippen LogP contribution in [-0.4, -0.2) is 6.54 Å². The normalized spacial score (nSPS) is 13.0. The fraction of sp³-hybridized carbons (Fsp3) is 0.250. The minimum atomic E-state index is -0.185. The Bertz CT molecular complexity index is 278. The van der Waals surface area contributed by atoms with Gasteiger partial charge in [-0.05, 0) is 23.8 Å². The van der Waals surface area contributed by atoms with E-state index in [-0.39, 0.29) is 6.04 Å². The molecular weight excluding hydrogens is 239 g/mol. The Morgan fingerprint density at radius 3 is 2.75 bits per heavy atom. The molecule has 0 aromatic heterocycles. The number of rotatable bonds is 2. The van der Waals surface area contributed by atoms with E-state index >= 15 is 0 Å². The predicted octanol–water partition coefficient (Wildman–Crippen LogP) is 2.06. The van der Waals surface area contributed by atoms with E-state index in [0.717, 1.165) is 10.0 Å². The standard InChI is InChI=1S/C8H10BrClN2/c9-5-1-2-7(10)6(3-5)8(12)4-11/h1-3,8H,4,11-12H2/t8-/m1/s1. The number of benzene rings is 1. The first-order valence-corrected chi connectivity index (χ1v) is 4.73. The zero-order chi connectivity index (χ0) is 9.14. The van der Waals surface area contributed by atoms with Crippen molar-refractivity contribution in [2.45, 2.75) is 6.04 Å². The van der Waals surface area contributed by atoms with Crippen LogP contribution in [0.2, 0.25) is 5.02 Å². The minimum absolute atomic E-state index is 0.185. The van der Waals surface area contributed by atoms with Gasteiger partial charge >= 0.3 is 0 Å². The smallest absolute Gasteiger partial charge is 0.0455 e. The van der Waals surface area contributed by atoms with Crippen molar-refractivity contribution in [3.8, 4) is 0 Å². The highest BCUT2D eigenvalue weighted by atomic mass is 79.9. The van der Waals surface area contributed by atoms with E-state index in [4.69, 9.17) is 23.1 Å². The van der Waals surface area contributed by atoms with Crippen molar-refractivity contribution in [3.63, 3.8) is 0 Å². The average Bonchev–Trinajstić information content (AvgIpc) is 2.08. The Balaban J connectivity index is 3.04. The number of nitrogens with two attached hydrogens (primary N) is 2. The third-order valence-corrected chi connectivity index (χ3v) is 2.45. The van der Waals surface area contributed by atoms with Crippen LogP contribution in [0, 0.1) is 0 Å². The van der Waals surface area contributed by atoms with Gasteiger partial charge in [-0.1, -0.05) is 27.5 Å². The number of hydrogen-bond acceptors (Lipinski definition) is 2. The van der Waals surface area contributed by atoms with Crippen LogP contribution in [0.5, 0.6) is 0 Å². The van der Waals surface area contributed by atoms with E-state index in [1.165, 1.54) is 0 Å². The Labute approximate surface area is 85.0 Å². The molecule has 0 bridgehead atoms. The molecule has 1 aromatic rings. The zero-order valence-electron chi connectivity index (χ0n) is 6.43. The van der Waals surface area contributed by atoms with E-state index < -0.39 is 0 Å². The third-order valence-electron chi connectivity index (χ3n) is 1.61. The van der Waals surface area contributed by atoms with E-state index in [1.54, 1.807) is 6.07 Å². The molecule has 0 aliphatic rings. The maximum absolute atomic E-state index is 5.91. The molecule has 0 unspecified atom stereocenters. The third kappa shape index (κ3) is 2.20. The summed E-state index contributed by atoms with van der Waals surface area (Å²) in [4.78, 5) is 0. The lowest BCUT2D eigenvalue weighted by Crippen LogP contribution is -2.21. The number of hydrogen-bond donors (Lipinski definition) is 2. The van der Waals surface area contributed by atoms with Gasteiger partial charge in [0.05, 0.1) is 0 Å². The van der Waals surface area contributed by atoms with Crippen LogP contribution in [0.15, 0.2) is 22.7 Å². The lowest BCUT2D eigenvalue weighted by molar-refractivity contribution is 0.737. The molecule has 2 nitrogen and oxygen atoms in total. The van der Waals surface area contributed by atoms with Crippen LogP contribution in [0.25, 0.3) is 0 Å². The summed E-state index contributed by atoms with van der Waals surface area (Å²) in [6.45, 7) is 0.399. The predicted molar refractivity (Wildman–Crippen MR) is 55.1 cm³/mol. The van der Waals surface area contributed by atoms with Crippen molar-refractivity contribution >= 4 is 27.5 Å². The first kappa shape index (κ1) is 9.99. The highest BCUT2D eigenvalue weighted by Gasteiger charge is 2.07. The molecule has 0 aliphatic carbocycles. The summed E-state index contributed by atoms with van der Waals surface area (Å²) < 4.78 is 0.964. The molecule has 0 saturated carbocycles. The van der Waals surface area contributed by atoms with Gasteiger partial charge in [-0.15, -0.1) is 0 Å². The SMILES string of the molecule is NC[C@@H](N)c1cc(Br)ccc1Cl. The molecule has 4 heteroatoms. The molecule has 1 atom stereocenters.